The second-order valence-corrected chi connectivity index (χ2v) is 8.65. The van der Waals surface area contributed by atoms with Crippen molar-refractivity contribution in [3.05, 3.63) is 29.8 Å². The van der Waals surface area contributed by atoms with Crippen molar-refractivity contribution in [3.8, 4) is 11.5 Å². The summed E-state index contributed by atoms with van der Waals surface area (Å²) in [6.07, 6.45) is 15.9. The quantitative estimate of drug-likeness (QED) is 0.582. The van der Waals surface area contributed by atoms with E-state index in [-0.39, 0.29) is 18.7 Å². The molecule has 0 aromatic heterocycles. The molecule has 1 heterocycles. The molecule has 0 unspecified atom stereocenters. The lowest BCUT2D eigenvalue weighted by molar-refractivity contribution is -0.128. The van der Waals surface area contributed by atoms with Gasteiger partial charge in [0.1, 0.15) is 6.04 Å². The second kappa shape index (κ2) is 13.1. The molecule has 3 N–H and O–H groups in total. The molecule has 1 aromatic carbocycles. The molecule has 3 rings (SSSR count). The number of aliphatic hydroxyl groups excluding tert-OH is 1. The fourth-order valence-electron chi connectivity index (χ4n) is 4.21. The van der Waals surface area contributed by atoms with Gasteiger partial charge in [-0.15, -0.1) is 0 Å². The minimum atomic E-state index is -0.967. The standard InChI is InChI=1S/C25H36N2O5/c28-17-21(25(30)26-20-10-8-6-4-2-1-3-5-7-9-11-20)27-24(29)15-13-19-12-14-22-23(16-19)32-18-31-22/h12-16,20-21,28H,1-11,17-18H2,(H,26,30)(H,27,29)/t21-/m0/s1. The Morgan fingerprint density at radius 1 is 0.969 bits per heavy atom. The molecule has 2 aliphatic rings. The van der Waals surface area contributed by atoms with Gasteiger partial charge < -0.3 is 25.2 Å². The number of hydrogen-bond acceptors (Lipinski definition) is 5. The summed E-state index contributed by atoms with van der Waals surface area (Å²) < 4.78 is 10.6. The van der Waals surface area contributed by atoms with Crippen LogP contribution >= 0.6 is 0 Å². The fraction of sp³-hybridized carbons (Fsp3) is 0.600. The van der Waals surface area contributed by atoms with Gasteiger partial charge in [-0.2, -0.15) is 0 Å². The highest BCUT2D eigenvalue weighted by atomic mass is 16.7. The molecule has 32 heavy (non-hydrogen) atoms. The van der Waals surface area contributed by atoms with Crippen molar-refractivity contribution in [1.82, 2.24) is 10.6 Å². The van der Waals surface area contributed by atoms with E-state index in [1.807, 2.05) is 6.07 Å². The van der Waals surface area contributed by atoms with Crippen molar-refractivity contribution < 1.29 is 24.2 Å². The smallest absolute Gasteiger partial charge is 0.245 e. The number of benzene rings is 1. The first-order valence-electron chi connectivity index (χ1n) is 11.9. The molecular weight excluding hydrogens is 408 g/mol. The molecular formula is C25H36N2O5. The third-order valence-electron chi connectivity index (χ3n) is 6.09. The van der Waals surface area contributed by atoms with E-state index >= 15 is 0 Å². The van der Waals surface area contributed by atoms with Crippen molar-refractivity contribution in [2.45, 2.75) is 82.7 Å². The Balaban J connectivity index is 1.49. The SMILES string of the molecule is O=C(C=Cc1ccc2c(c1)OCO2)N[C@@H](CO)C(=O)NC1CCCCCCCCCCC1. The summed E-state index contributed by atoms with van der Waals surface area (Å²) in [6, 6.07) is 4.51. The normalized spacial score (nSPS) is 19.0. The van der Waals surface area contributed by atoms with E-state index in [0.717, 1.165) is 31.2 Å². The number of carbonyl (C=O) groups excluding carboxylic acids is 2. The molecule has 176 valence electrons. The van der Waals surface area contributed by atoms with Crippen molar-refractivity contribution >= 4 is 17.9 Å². The zero-order valence-corrected chi connectivity index (χ0v) is 18.8. The Kier molecular flexibility index (Phi) is 9.88. The number of amides is 2. The molecule has 0 radical (unpaired) electrons. The molecule has 7 nitrogen and oxygen atoms in total. The van der Waals surface area contributed by atoms with Gasteiger partial charge in [-0.25, -0.2) is 0 Å². The maximum atomic E-state index is 12.7. The van der Waals surface area contributed by atoms with Crippen molar-refractivity contribution in [3.63, 3.8) is 0 Å². The summed E-state index contributed by atoms with van der Waals surface area (Å²) in [7, 11) is 0. The lowest BCUT2D eigenvalue weighted by atomic mass is 9.97. The number of rotatable bonds is 6. The molecule has 1 aliphatic heterocycles. The summed E-state index contributed by atoms with van der Waals surface area (Å²) in [5.74, 6) is 0.553. The highest BCUT2D eigenvalue weighted by molar-refractivity contribution is 5.95. The van der Waals surface area contributed by atoms with E-state index in [1.165, 1.54) is 51.0 Å². The first-order chi connectivity index (χ1) is 15.7. The van der Waals surface area contributed by atoms with Crippen molar-refractivity contribution in [2.24, 2.45) is 0 Å². The van der Waals surface area contributed by atoms with Crippen LogP contribution in [-0.4, -0.2) is 42.4 Å². The number of nitrogens with one attached hydrogen (secondary N) is 2. The van der Waals surface area contributed by atoms with E-state index in [0.29, 0.717) is 11.5 Å². The molecule has 1 saturated carbocycles. The van der Waals surface area contributed by atoms with Crippen LogP contribution in [0.5, 0.6) is 11.5 Å². The van der Waals surface area contributed by atoms with Crippen LogP contribution in [0.25, 0.3) is 6.08 Å². The predicted octanol–water partition coefficient (Wildman–Crippen LogP) is 3.70. The predicted molar refractivity (Wildman–Crippen MR) is 123 cm³/mol. The van der Waals surface area contributed by atoms with Gasteiger partial charge in [0.15, 0.2) is 11.5 Å². The van der Waals surface area contributed by atoms with Gasteiger partial charge in [0, 0.05) is 12.1 Å². The molecule has 1 fully saturated rings. The van der Waals surface area contributed by atoms with Crippen LogP contribution in [0, 0.1) is 0 Å². The first-order valence-corrected chi connectivity index (χ1v) is 11.9. The fourth-order valence-corrected chi connectivity index (χ4v) is 4.21. The molecule has 2 amide bonds. The lowest BCUT2D eigenvalue weighted by Crippen LogP contribution is -2.51. The van der Waals surface area contributed by atoms with Crippen LogP contribution < -0.4 is 20.1 Å². The van der Waals surface area contributed by atoms with Crippen LogP contribution in [0.15, 0.2) is 24.3 Å². The Morgan fingerprint density at radius 3 is 2.25 bits per heavy atom. The van der Waals surface area contributed by atoms with E-state index in [9.17, 15) is 14.7 Å². The molecule has 1 atom stereocenters. The maximum absolute atomic E-state index is 12.7. The third-order valence-corrected chi connectivity index (χ3v) is 6.09. The van der Waals surface area contributed by atoms with E-state index in [1.54, 1.807) is 18.2 Å². The Morgan fingerprint density at radius 2 is 1.59 bits per heavy atom. The summed E-state index contributed by atoms with van der Waals surface area (Å²) in [4.78, 5) is 25.0. The molecule has 0 spiro atoms. The van der Waals surface area contributed by atoms with Gasteiger partial charge in [0.25, 0.3) is 0 Å². The van der Waals surface area contributed by atoms with Crippen LogP contribution in [0.2, 0.25) is 0 Å². The van der Waals surface area contributed by atoms with E-state index < -0.39 is 18.6 Å². The van der Waals surface area contributed by atoms with Crippen LogP contribution in [0.1, 0.15) is 76.2 Å². The Labute approximate surface area is 190 Å². The van der Waals surface area contributed by atoms with E-state index in [2.05, 4.69) is 10.6 Å². The maximum Gasteiger partial charge on any atom is 0.245 e. The molecule has 0 bridgehead atoms. The number of carbonyl (C=O) groups is 2. The average molecular weight is 445 g/mol. The molecule has 0 saturated heterocycles. The number of aliphatic hydroxyl groups is 1. The number of ether oxygens (including phenoxy) is 2. The average Bonchev–Trinajstić information content (AvgIpc) is 3.25. The third kappa shape index (κ3) is 7.86. The zero-order valence-electron chi connectivity index (χ0n) is 18.8. The van der Waals surface area contributed by atoms with Gasteiger partial charge >= 0.3 is 0 Å². The van der Waals surface area contributed by atoms with Gasteiger partial charge in [0.05, 0.1) is 6.61 Å². The molecule has 1 aromatic rings. The molecule has 1 aliphatic carbocycles. The van der Waals surface area contributed by atoms with Crippen molar-refractivity contribution in [1.29, 1.82) is 0 Å². The number of fused-ring (bicyclic) bond motifs is 1. The monoisotopic (exact) mass is 444 g/mol. The van der Waals surface area contributed by atoms with Gasteiger partial charge in [-0.05, 0) is 36.6 Å². The largest absolute Gasteiger partial charge is 0.454 e. The second-order valence-electron chi connectivity index (χ2n) is 8.65. The van der Waals surface area contributed by atoms with Crippen LogP contribution in [0.3, 0.4) is 0 Å². The highest BCUT2D eigenvalue weighted by Gasteiger charge is 2.22. The van der Waals surface area contributed by atoms with Crippen molar-refractivity contribution in [2.75, 3.05) is 13.4 Å². The molecule has 7 heteroatoms. The Hall–Kier alpha value is -2.54. The van der Waals surface area contributed by atoms with Gasteiger partial charge in [-0.1, -0.05) is 63.9 Å². The summed E-state index contributed by atoms with van der Waals surface area (Å²) in [6.45, 7) is -0.251. The van der Waals surface area contributed by atoms with Gasteiger partial charge in [0.2, 0.25) is 18.6 Å². The number of hydrogen-bond donors (Lipinski definition) is 3. The lowest BCUT2D eigenvalue weighted by Gasteiger charge is -2.23. The summed E-state index contributed by atoms with van der Waals surface area (Å²) in [5, 5.41) is 15.4. The van der Waals surface area contributed by atoms with Gasteiger partial charge in [-0.3, -0.25) is 9.59 Å². The highest BCUT2D eigenvalue weighted by Crippen LogP contribution is 2.32. The van der Waals surface area contributed by atoms with Crippen LogP contribution in [-0.2, 0) is 9.59 Å². The minimum Gasteiger partial charge on any atom is -0.454 e. The topological polar surface area (TPSA) is 96.9 Å². The summed E-state index contributed by atoms with van der Waals surface area (Å²) in [5.41, 5.74) is 0.780. The summed E-state index contributed by atoms with van der Waals surface area (Å²) >= 11 is 0. The van der Waals surface area contributed by atoms with Crippen LogP contribution in [0.4, 0.5) is 0 Å². The van der Waals surface area contributed by atoms with E-state index in [4.69, 9.17) is 9.47 Å². The first kappa shape index (κ1) is 24.1. The minimum absolute atomic E-state index is 0.0945. The Bertz CT molecular complexity index is 768. The zero-order chi connectivity index (χ0) is 22.6.